The number of pyridine rings is 1. The predicted octanol–water partition coefficient (Wildman–Crippen LogP) is 5.48. The van der Waals surface area contributed by atoms with E-state index in [0.717, 1.165) is 32.7 Å². The van der Waals surface area contributed by atoms with Gasteiger partial charge in [-0.1, -0.05) is 35.6 Å². The number of amides is 1. The molecule has 0 atom stereocenters. The second-order valence-corrected chi connectivity index (χ2v) is 8.53. The van der Waals surface area contributed by atoms with Crippen LogP contribution in [0.25, 0.3) is 10.2 Å². The molecule has 5 nitrogen and oxygen atoms in total. The average molecular weight is 432 g/mol. The molecule has 6 heteroatoms. The molecule has 158 valence electrons. The molecule has 31 heavy (non-hydrogen) atoms. The predicted molar refractivity (Wildman–Crippen MR) is 126 cm³/mol. The molecular formula is C25H25N3O2S. The van der Waals surface area contributed by atoms with Crippen molar-refractivity contribution in [1.29, 1.82) is 0 Å². The third-order valence-corrected chi connectivity index (χ3v) is 6.03. The van der Waals surface area contributed by atoms with Crippen molar-refractivity contribution in [1.82, 2.24) is 9.97 Å². The number of nitrogens with zero attached hydrogens (tertiary/aromatic N) is 3. The lowest BCUT2D eigenvalue weighted by molar-refractivity contribution is -0.118. The summed E-state index contributed by atoms with van der Waals surface area (Å²) in [5.74, 6) is 0.810. The van der Waals surface area contributed by atoms with Crippen molar-refractivity contribution in [3.05, 3.63) is 83.2 Å². The van der Waals surface area contributed by atoms with Gasteiger partial charge in [-0.2, -0.15) is 0 Å². The zero-order valence-corrected chi connectivity index (χ0v) is 18.8. The topological polar surface area (TPSA) is 55.3 Å². The van der Waals surface area contributed by atoms with E-state index in [4.69, 9.17) is 9.72 Å². The SMILES string of the molecule is CCOc1ccc(CC(=O)N(Cc2cccnc2)c2nc3c(C)cc(C)cc3s2)cc1. The molecule has 2 heterocycles. The fourth-order valence-electron chi connectivity index (χ4n) is 3.55. The van der Waals surface area contributed by atoms with Gasteiger partial charge in [0.25, 0.3) is 0 Å². The maximum Gasteiger partial charge on any atom is 0.233 e. The van der Waals surface area contributed by atoms with Crippen LogP contribution in [-0.4, -0.2) is 22.5 Å². The smallest absolute Gasteiger partial charge is 0.233 e. The molecule has 0 unspecified atom stereocenters. The van der Waals surface area contributed by atoms with Crippen LogP contribution in [0.4, 0.5) is 5.13 Å². The number of carbonyl (C=O) groups excluding carboxylic acids is 1. The van der Waals surface area contributed by atoms with E-state index in [9.17, 15) is 4.79 Å². The number of rotatable bonds is 7. The normalized spacial score (nSPS) is 10.9. The van der Waals surface area contributed by atoms with Crippen molar-refractivity contribution < 1.29 is 9.53 Å². The van der Waals surface area contributed by atoms with Gasteiger partial charge >= 0.3 is 0 Å². The minimum Gasteiger partial charge on any atom is -0.494 e. The van der Waals surface area contributed by atoms with Crippen LogP contribution in [0.1, 0.15) is 29.2 Å². The number of anilines is 1. The Morgan fingerprint density at radius 3 is 2.61 bits per heavy atom. The lowest BCUT2D eigenvalue weighted by atomic mass is 10.1. The molecule has 0 N–H and O–H groups in total. The fraction of sp³-hybridized carbons (Fsp3) is 0.240. The minimum atomic E-state index is 0.00134. The molecule has 0 fully saturated rings. The Morgan fingerprint density at radius 2 is 1.90 bits per heavy atom. The lowest BCUT2D eigenvalue weighted by Crippen LogP contribution is -2.31. The number of benzene rings is 2. The van der Waals surface area contributed by atoms with Crippen LogP contribution in [-0.2, 0) is 17.8 Å². The van der Waals surface area contributed by atoms with Crippen LogP contribution in [0.15, 0.2) is 60.9 Å². The number of ether oxygens (including phenoxy) is 1. The Bertz CT molecular complexity index is 1190. The number of fused-ring (bicyclic) bond motifs is 1. The maximum absolute atomic E-state index is 13.4. The fourth-order valence-corrected chi connectivity index (χ4v) is 4.71. The Hall–Kier alpha value is -3.25. The van der Waals surface area contributed by atoms with E-state index in [1.54, 1.807) is 28.6 Å². The molecule has 0 aliphatic rings. The van der Waals surface area contributed by atoms with Gasteiger partial charge < -0.3 is 4.74 Å². The third kappa shape index (κ3) is 4.91. The van der Waals surface area contributed by atoms with Crippen molar-refractivity contribution in [3.8, 4) is 5.75 Å². The number of aromatic nitrogens is 2. The number of aryl methyl sites for hydroxylation is 2. The first kappa shape index (κ1) is 21.0. The molecule has 0 radical (unpaired) electrons. The lowest BCUT2D eigenvalue weighted by Gasteiger charge is -2.20. The van der Waals surface area contributed by atoms with E-state index in [0.29, 0.717) is 24.7 Å². The summed E-state index contributed by atoms with van der Waals surface area (Å²) in [7, 11) is 0. The molecule has 0 bridgehead atoms. The van der Waals surface area contributed by atoms with Gasteiger partial charge in [-0.25, -0.2) is 4.98 Å². The largest absolute Gasteiger partial charge is 0.494 e. The summed E-state index contributed by atoms with van der Waals surface area (Å²) < 4.78 is 6.60. The molecule has 2 aromatic carbocycles. The number of carbonyl (C=O) groups is 1. The molecule has 0 aliphatic heterocycles. The van der Waals surface area contributed by atoms with E-state index < -0.39 is 0 Å². The van der Waals surface area contributed by atoms with Crippen molar-refractivity contribution >= 4 is 32.6 Å². The Balaban J connectivity index is 1.65. The summed E-state index contributed by atoms with van der Waals surface area (Å²) in [6.07, 6.45) is 3.82. The third-order valence-electron chi connectivity index (χ3n) is 5.00. The second-order valence-electron chi connectivity index (χ2n) is 7.52. The van der Waals surface area contributed by atoms with Gasteiger partial charge in [-0.3, -0.25) is 14.7 Å². The first-order valence-corrected chi connectivity index (χ1v) is 11.1. The molecule has 4 aromatic rings. The van der Waals surface area contributed by atoms with Crippen LogP contribution in [0.2, 0.25) is 0 Å². The molecule has 0 saturated carbocycles. The number of hydrogen-bond acceptors (Lipinski definition) is 5. The van der Waals surface area contributed by atoms with E-state index in [-0.39, 0.29) is 5.91 Å². The van der Waals surface area contributed by atoms with Crippen LogP contribution >= 0.6 is 11.3 Å². The molecule has 0 saturated heterocycles. The van der Waals surface area contributed by atoms with Gasteiger partial charge in [-0.05, 0) is 67.3 Å². The van der Waals surface area contributed by atoms with E-state index in [2.05, 4.69) is 31.0 Å². The first-order chi connectivity index (χ1) is 15.0. The summed E-state index contributed by atoms with van der Waals surface area (Å²) in [5, 5.41) is 0.712. The summed E-state index contributed by atoms with van der Waals surface area (Å²) in [4.78, 5) is 24.2. The molecule has 1 amide bonds. The van der Waals surface area contributed by atoms with Crippen molar-refractivity contribution in [2.45, 2.75) is 33.7 Å². The monoisotopic (exact) mass is 431 g/mol. The molecule has 2 aromatic heterocycles. The van der Waals surface area contributed by atoms with Crippen molar-refractivity contribution in [2.24, 2.45) is 0 Å². The van der Waals surface area contributed by atoms with Crippen LogP contribution in [0, 0.1) is 13.8 Å². The molecule has 4 rings (SSSR count). The molecule has 0 aliphatic carbocycles. The molecule has 0 spiro atoms. The summed E-state index contributed by atoms with van der Waals surface area (Å²) in [6.45, 7) is 7.15. The van der Waals surface area contributed by atoms with Crippen LogP contribution in [0.3, 0.4) is 0 Å². The average Bonchev–Trinajstić information content (AvgIpc) is 3.18. The first-order valence-electron chi connectivity index (χ1n) is 10.3. The Labute approximate surface area is 186 Å². The Morgan fingerprint density at radius 1 is 1.10 bits per heavy atom. The standard InChI is InChI=1S/C25H25N3O2S/c1-4-30-21-9-7-19(8-10-21)14-23(29)28(16-20-6-5-11-26-15-20)25-27-24-18(3)12-17(2)13-22(24)31-25/h5-13,15H,4,14,16H2,1-3H3. The quantitative estimate of drug-likeness (QED) is 0.389. The summed E-state index contributed by atoms with van der Waals surface area (Å²) in [5.41, 5.74) is 5.18. The summed E-state index contributed by atoms with van der Waals surface area (Å²) in [6, 6.07) is 15.8. The Kier molecular flexibility index (Phi) is 6.28. The van der Waals surface area contributed by atoms with Gasteiger partial charge in [0.15, 0.2) is 5.13 Å². The highest BCUT2D eigenvalue weighted by Crippen LogP contribution is 2.33. The van der Waals surface area contributed by atoms with Gasteiger partial charge in [0.1, 0.15) is 5.75 Å². The second kappa shape index (κ2) is 9.27. The van der Waals surface area contributed by atoms with Crippen molar-refractivity contribution in [2.75, 3.05) is 11.5 Å². The number of hydrogen-bond donors (Lipinski definition) is 0. The molecular weight excluding hydrogens is 406 g/mol. The van der Waals surface area contributed by atoms with E-state index in [1.165, 1.54) is 5.56 Å². The highest BCUT2D eigenvalue weighted by Gasteiger charge is 2.21. The van der Waals surface area contributed by atoms with Gasteiger partial charge in [0.05, 0.1) is 29.8 Å². The van der Waals surface area contributed by atoms with E-state index in [1.807, 2.05) is 43.3 Å². The van der Waals surface area contributed by atoms with Crippen LogP contribution < -0.4 is 9.64 Å². The highest BCUT2D eigenvalue weighted by atomic mass is 32.1. The van der Waals surface area contributed by atoms with Crippen LogP contribution in [0.5, 0.6) is 5.75 Å². The zero-order chi connectivity index (χ0) is 21.8. The zero-order valence-electron chi connectivity index (χ0n) is 18.0. The minimum absolute atomic E-state index is 0.00134. The van der Waals surface area contributed by atoms with Crippen molar-refractivity contribution in [3.63, 3.8) is 0 Å². The van der Waals surface area contributed by atoms with Gasteiger partial charge in [0.2, 0.25) is 5.91 Å². The summed E-state index contributed by atoms with van der Waals surface area (Å²) >= 11 is 1.55. The van der Waals surface area contributed by atoms with Gasteiger partial charge in [-0.15, -0.1) is 0 Å². The van der Waals surface area contributed by atoms with Gasteiger partial charge in [0, 0.05) is 12.4 Å². The van der Waals surface area contributed by atoms with E-state index >= 15 is 0 Å². The highest BCUT2D eigenvalue weighted by molar-refractivity contribution is 7.22. The maximum atomic E-state index is 13.4. The number of thiazole rings is 1.